The van der Waals surface area contributed by atoms with Gasteiger partial charge in [-0.05, 0) is 30.7 Å². The molecular formula is C13H20FNO3. The highest BCUT2D eigenvalue weighted by Gasteiger charge is 2.13. The number of alkyl halides is 1. The van der Waals surface area contributed by atoms with E-state index in [0.717, 1.165) is 12.0 Å². The Balaban J connectivity index is 2.97. The maximum absolute atomic E-state index is 12.1. The van der Waals surface area contributed by atoms with Crippen LogP contribution in [0.3, 0.4) is 0 Å². The molecule has 0 amide bonds. The van der Waals surface area contributed by atoms with Crippen LogP contribution in [0.15, 0.2) is 12.1 Å². The molecule has 0 unspecified atom stereocenters. The first-order valence-electron chi connectivity index (χ1n) is 5.90. The lowest BCUT2D eigenvalue weighted by molar-refractivity contribution is 0.258. The molecule has 0 bridgehead atoms. The molecule has 0 saturated carbocycles. The summed E-state index contributed by atoms with van der Waals surface area (Å²) in [5.41, 5.74) is 6.54. The minimum atomic E-state index is -0.407. The van der Waals surface area contributed by atoms with Gasteiger partial charge in [0, 0.05) is 6.42 Å². The van der Waals surface area contributed by atoms with Crippen molar-refractivity contribution in [1.82, 2.24) is 0 Å². The van der Waals surface area contributed by atoms with Crippen molar-refractivity contribution >= 4 is 0 Å². The predicted octanol–water partition coefficient (Wildman–Crippen LogP) is 1.94. The Kier molecular flexibility index (Phi) is 6.28. The Labute approximate surface area is 107 Å². The number of rotatable bonds is 8. The van der Waals surface area contributed by atoms with Gasteiger partial charge in [0.1, 0.15) is 0 Å². The molecule has 0 aromatic heterocycles. The highest BCUT2D eigenvalue weighted by molar-refractivity contribution is 5.53. The van der Waals surface area contributed by atoms with E-state index in [1.54, 1.807) is 14.2 Å². The molecule has 1 aromatic carbocycles. The van der Waals surface area contributed by atoms with Gasteiger partial charge in [-0.2, -0.15) is 0 Å². The second-order valence-corrected chi connectivity index (χ2v) is 3.76. The molecule has 0 radical (unpaired) electrons. The van der Waals surface area contributed by atoms with Crippen LogP contribution in [-0.4, -0.2) is 34.0 Å². The molecule has 0 saturated heterocycles. The Morgan fingerprint density at radius 2 is 1.78 bits per heavy atom. The molecule has 0 fully saturated rings. The molecule has 1 rings (SSSR count). The lowest BCUT2D eigenvalue weighted by Gasteiger charge is -2.15. The zero-order chi connectivity index (χ0) is 13.4. The SMILES string of the molecule is COc1cc(CCN)cc(OC)c1OCCCF. The molecular weight excluding hydrogens is 237 g/mol. The summed E-state index contributed by atoms with van der Waals surface area (Å²) >= 11 is 0. The van der Waals surface area contributed by atoms with Crippen LogP contribution in [0.2, 0.25) is 0 Å². The molecule has 0 spiro atoms. The average molecular weight is 257 g/mol. The highest BCUT2D eigenvalue weighted by Crippen LogP contribution is 2.38. The second-order valence-electron chi connectivity index (χ2n) is 3.76. The zero-order valence-corrected chi connectivity index (χ0v) is 10.9. The number of hydrogen-bond donors (Lipinski definition) is 1. The highest BCUT2D eigenvalue weighted by atomic mass is 19.1. The number of ether oxygens (including phenoxy) is 3. The molecule has 4 nitrogen and oxygen atoms in total. The van der Waals surface area contributed by atoms with Crippen LogP contribution in [0.25, 0.3) is 0 Å². The van der Waals surface area contributed by atoms with E-state index in [-0.39, 0.29) is 0 Å². The topological polar surface area (TPSA) is 53.7 Å². The summed E-state index contributed by atoms with van der Waals surface area (Å²) < 4.78 is 28.1. The van der Waals surface area contributed by atoms with Crippen LogP contribution in [0.1, 0.15) is 12.0 Å². The van der Waals surface area contributed by atoms with Crippen molar-refractivity contribution in [1.29, 1.82) is 0 Å². The molecule has 2 N–H and O–H groups in total. The summed E-state index contributed by atoms with van der Waals surface area (Å²) in [5, 5.41) is 0. The number of halogens is 1. The monoisotopic (exact) mass is 257 g/mol. The van der Waals surface area contributed by atoms with Gasteiger partial charge in [-0.1, -0.05) is 0 Å². The molecule has 0 aliphatic heterocycles. The third-order valence-corrected chi connectivity index (χ3v) is 2.48. The van der Waals surface area contributed by atoms with Crippen molar-refractivity contribution in [2.75, 3.05) is 34.0 Å². The fourth-order valence-corrected chi connectivity index (χ4v) is 1.62. The number of hydrogen-bond acceptors (Lipinski definition) is 4. The van der Waals surface area contributed by atoms with Gasteiger partial charge in [0.2, 0.25) is 5.75 Å². The van der Waals surface area contributed by atoms with Gasteiger partial charge < -0.3 is 19.9 Å². The smallest absolute Gasteiger partial charge is 0.203 e. The van der Waals surface area contributed by atoms with Gasteiger partial charge in [0.05, 0.1) is 27.5 Å². The van der Waals surface area contributed by atoms with E-state index in [1.165, 1.54) is 0 Å². The number of nitrogens with two attached hydrogens (primary N) is 1. The minimum absolute atomic E-state index is 0.291. The summed E-state index contributed by atoms with van der Waals surface area (Å²) in [4.78, 5) is 0. The Morgan fingerprint density at radius 3 is 2.22 bits per heavy atom. The van der Waals surface area contributed by atoms with Crippen molar-refractivity contribution < 1.29 is 18.6 Å². The molecule has 0 aliphatic carbocycles. The summed E-state index contributed by atoms with van der Waals surface area (Å²) in [5.74, 6) is 1.67. The standard InChI is InChI=1S/C13H20FNO3/c1-16-11-8-10(4-6-15)9-12(17-2)13(11)18-7-3-5-14/h8-9H,3-7,15H2,1-2H3. The fraction of sp³-hybridized carbons (Fsp3) is 0.538. The first kappa shape index (κ1) is 14.6. The van der Waals surface area contributed by atoms with Gasteiger partial charge in [-0.15, -0.1) is 0 Å². The maximum atomic E-state index is 12.1. The van der Waals surface area contributed by atoms with Crippen molar-refractivity contribution in [2.45, 2.75) is 12.8 Å². The van der Waals surface area contributed by atoms with Crippen LogP contribution in [0.5, 0.6) is 17.2 Å². The predicted molar refractivity (Wildman–Crippen MR) is 68.4 cm³/mol. The molecule has 0 aliphatic rings. The molecule has 0 atom stereocenters. The molecule has 102 valence electrons. The van der Waals surface area contributed by atoms with Crippen LogP contribution >= 0.6 is 0 Å². The average Bonchev–Trinajstić information content (AvgIpc) is 2.40. The van der Waals surface area contributed by atoms with E-state index in [0.29, 0.717) is 36.8 Å². The van der Waals surface area contributed by atoms with E-state index in [9.17, 15) is 4.39 Å². The van der Waals surface area contributed by atoms with Gasteiger partial charge in [-0.3, -0.25) is 4.39 Å². The largest absolute Gasteiger partial charge is 0.493 e. The molecule has 5 heteroatoms. The Hall–Kier alpha value is -1.49. The zero-order valence-electron chi connectivity index (χ0n) is 10.9. The Bertz CT molecular complexity index is 346. The third kappa shape index (κ3) is 3.77. The van der Waals surface area contributed by atoms with Crippen molar-refractivity contribution in [3.05, 3.63) is 17.7 Å². The van der Waals surface area contributed by atoms with Crippen molar-refractivity contribution in [3.8, 4) is 17.2 Å². The first-order valence-corrected chi connectivity index (χ1v) is 5.90. The number of methoxy groups -OCH3 is 2. The van der Waals surface area contributed by atoms with Crippen LogP contribution in [0.4, 0.5) is 4.39 Å². The van der Waals surface area contributed by atoms with Crippen molar-refractivity contribution in [2.24, 2.45) is 5.73 Å². The van der Waals surface area contributed by atoms with Gasteiger partial charge >= 0.3 is 0 Å². The Morgan fingerprint density at radius 1 is 1.17 bits per heavy atom. The normalized spacial score (nSPS) is 10.2. The van der Waals surface area contributed by atoms with Crippen LogP contribution in [0, 0.1) is 0 Å². The summed E-state index contributed by atoms with van der Waals surface area (Å²) in [7, 11) is 3.12. The van der Waals surface area contributed by atoms with E-state index < -0.39 is 6.67 Å². The lowest BCUT2D eigenvalue weighted by atomic mass is 10.1. The van der Waals surface area contributed by atoms with Gasteiger partial charge in [0.25, 0.3) is 0 Å². The van der Waals surface area contributed by atoms with E-state index in [2.05, 4.69) is 0 Å². The quantitative estimate of drug-likeness (QED) is 0.723. The molecule has 1 aromatic rings. The van der Waals surface area contributed by atoms with E-state index in [1.807, 2.05) is 12.1 Å². The first-order chi connectivity index (χ1) is 8.76. The lowest BCUT2D eigenvalue weighted by Crippen LogP contribution is -2.06. The molecule has 0 heterocycles. The van der Waals surface area contributed by atoms with Crippen LogP contribution in [-0.2, 0) is 6.42 Å². The second kappa shape index (κ2) is 7.76. The van der Waals surface area contributed by atoms with E-state index >= 15 is 0 Å². The minimum Gasteiger partial charge on any atom is -0.493 e. The molecule has 18 heavy (non-hydrogen) atoms. The van der Waals surface area contributed by atoms with Crippen molar-refractivity contribution in [3.63, 3.8) is 0 Å². The summed E-state index contributed by atoms with van der Waals surface area (Å²) in [6.45, 7) is 0.434. The summed E-state index contributed by atoms with van der Waals surface area (Å²) in [6, 6.07) is 3.72. The van der Waals surface area contributed by atoms with E-state index in [4.69, 9.17) is 19.9 Å². The van der Waals surface area contributed by atoms with Crippen LogP contribution < -0.4 is 19.9 Å². The van der Waals surface area contributed by atoms with Gasteiger partial charge in [-0.25, -0.2) is 0 Å². The summed E-state index contributed by atoms with van der Waals surface area (Å²) in [6.07, 6.45) is 1.08. The fourth-order valence-electron chi connectivity index (χ4n) is 1.62. The third-order valence-electron chi connectivity index (χ3n) is 2.48. The maximum Gasteiger partial charge on any atom is 0.203 e. The number of benzene rings is 1. The van der Waals surface area contributed by atoms with Gasteiger partial charge in [0.15, 0.2) is 11.5 Å².